The Hall–Kier alpha value is -2.77. The first kappa shape index (κ1) is 26.8. The second-order valence-corrected chi connectivity index (χ2v) is 11.8. The molecular weight excluding hydrogens is 540 g/mol. The van der Waals surface area contributed by atoms with Crippen LogP contribution >= 0.6 is 15.9 Å². The maximum absolute atomic E-state index is 13.3. The summed E-state index contributed by atoms with van der Waals surface area (Å²) < 4.78 is 1.07. The summed E-state index contributed by atoms with van der Waals surface area (Å²) in [7, 11) is 0. The summed E-state index contributed by atoms with van der Waals surface area (Å²) in [5.74, 6) is 0.423. The van der Waals surface area contributed by atoms with Gasteiger partial charge in [0, 0.05) is 34.4 Å². The van der Waals surface area contributed by atoms with Gasteiger partial charge in [-0.05, 0) is 94.9 Å². The SMILES string of the molecule is CCO/N=C(\c1ccc(Br)cc1)C1CCN(C2(C)CCN(C(=O)c3ccc4ccc(C)cc4n3)CC2)CC1. The Balaban J connectivity index is 1.20. The zero-order valence-electron chi connectivity index (χ0n) is 22.6. The van der Waals surface area contributed by atoms with E-state index >= 15 is 0 Å². The highest BCUT2D eigenvalue weighted by molar-refractivity contribution is 9.10. The quantitative estimate of drug-likeness (QED) is 0.250. The summed E-state index contributed by atoms with van der Waals surface area (Å²) in [6, 6.07) is 18.4. The van der Waals surface area contributed by atoms with Gasteiger partial charge in [-0.25, -0.2) is 4.98 Å². The van der Waals surface area contributed by atoms with Crippen molar-refractivity contribution in [2.24, 2.45) is 11.1 Å². The summed E-state index contributed by atoms with van der Waals surface area (Å²) in [5.41, 5.74) is 4.88. The lowest BCUT2D eigenvalue weighted by Crippen LogP contribution is -2.56. The third-order valence-electron chi connectivity index (χ3n) is 8.27. The molecule has 7 heteroatoms. The van der Waals surface area contributed by atoms with Crippen molar-refractivity contribution in [2.45, 2.75) is 52.0 Å². The van der Waals surface area contributed by atoms with E-state index in [4.69, 9.17) is 4.84 Å². The molecule has 3 aromatic rings. The van der Waals surface area contributed by atoms with Gasteiger partial charge in [-0.2, -0.15) is 0 Å². The number of halogens is 1. The maximum atomic E-state index is 13.3. The normalized spacial score (nSPS) is 19.1. The lowest BCUT2D eigenvalue weighted by Gasteiger charge is -2.49. The van der Waals surface area contributed by atoms with Gasteiger partial charge in [0.2, 0.25) is 0 Å². The van der Waals surface area contributed by atoms with Crippen molar-refractivity contribution in [3.8, 4) is 0 Å². The highest BCUT2D eigenvalue weighted by Gasteiger charge is 2.39. The van der Waals surface area contributed by atoms with Crippen LogP contribution in [0.15, 0.2) is 64.2 Å². The third-order valence-corrected chi connectivity index (χ3v) is 8.80. The Morgan fingerprint density at radius 1 is 1.05 bits per heavy atom. The van der Waals surface area contributed by atoms with E-state index in [1.807, 2.05) is 30.0 Å². The molecule has 0 radical (unpaired) electrons. The molecule has 6 nitrogen and oxygen atoms in total. The van der Waals surface area contributed by atoms with Crippen LogP contribution in [0.2, 0.25) is 0 Å². The van der Waals surface area contributed by atoms with Gasteiger partial charge in [-0.3, -0.25) is 9.69 Å². The number of oxime groups is 1. The second kappa shape index (κ2) is 11.5. The number of fused-ring (bicyclic) bond motifs is 1. The largest absolute Gasteiger partial charge is 0.396 e. The fourth-order valence-corrected chi connectivity index (χ4v) is 6.09. The molecule has 0 spiro atoms. The Morgan fingerprint density at radius 3 is 2.42 bits per heavy atom. The third kappa shape index (κ3) is 5.79. The van der Waals surface area contributed by atoms with Crippen LogP contribution < -0.4 is 0 Å². The molecule has 2 aliphatic rings. The standard InChI is InChI=1S/C31H37BrN4O2/c1-4-38-34-29(24-7-10-26(32)11-8-24)25-13-17-36(18-14-25)31(3)15-19-35(20-16-31)30(37)27-12-9-23-6-5-22(2)21-28(23)33-27/h5-12,21,25H,4,13-20H2,1-3H3/b34-29+. The van der Waals surface area contributed by atoms with Gasteiger partial charge in [0.1, 0.15) is 12.3 Å². The predicted molar refractivity (Wildman–Crippen MR) is 157 cm³/mol. The zero-order valence-corrected chi connectivity index (χ0v) is 24.2. The molecule has 200 valence electrons. The smallest absolute Gasteiger partial charge is 0.272 e. The van der Waals surface area contributed by atoms with Crippen molar-refractivity contribution in [1.82, 2.24) is 14.8 Å². The van der Waals surface area contributed by atoms with Gasteiger partial charge in [-0.1, -0.05) is 51.4 Å². The van der Waals surface area contributed by atoms with Crippen LogP contribution in [0.25, 0.3) is 10.9 Å². The molecular formula is C31H37BrN4O2. The Bertz CT molecular complexity index is 1310. The molecule has 0 N–H and O–H groups in total. The molecule has 0 saturated carbocycles. The number of carbonyl (C=O) groups is 1. The van der Waals surface area contributed by atoms with Crippen molar-refractivity contribution < 1.29 is 9.63 Å². The van der Waals surface area contributed by atoms with Crippen molar-refractivity contribution in [3.05, 3.63) is 75.9 Å². The number of benzene rings is 2. The Labute approximate surface area is 234 Å². The number of hydrogen-bond donors (Lipinski definition) is 0. The molecule has 2 aliphatic heterocycles. The highest BCUT2D eigenvalue weighted by Crippen LogP contribution is 2.34. The van der Waals surface area contributed by atoms with Crippen LogP contribution in [0.3, 0.4) is 0 Å². The van der Waals surface area contributed by atoms with Crippen LogP contribution in [0, 0.1) is 12.8 Å². The van der Waals surface area contributed by atoms with Gasteiger partial charge in [0.25, 0.3) is 5.91 Å². The number of nitrogens with zero attached hydrogens (tertiary/aromatic N) is 4. The van der Waals surface area contributed by atoms with Gasteiger partial charge in [0.05, 0.1) is 11.2 Å². The Morgan fingerprint density at radius 2 is 1.74 bits per heavy atom. The molecule has 2 saturated heterocycles. The molecule has 1 aromatic heterocycles. The number of piperidine rings is 2. The average Bonchev–Trinajstić information content (AvgIpc) is 2.94. The lowest BCUT2D eigenvalue weighted by molar-refractivity contribution is 0.0160. The fraction of sp³-hybridized carbons (Fsp3) is 0.452. The second-order valence-electron chi connectivity index (χ2n) is 10.8. The molecule has 3 heterocycles. The molecule has 0 atom stereocenters. The van der Waals surface area contributed by atoms with Crippen LogP contribution in [0.1, 0.15) is 61.1 Å². The first-order chi connectivity index (χ1) is 18.4. The molecule has 2 fully saturated rings. The van der Waals surface area contributed by atoms with Gasteiger partial charge in [-0.15, -0.1) is 0 Å². The summed E-state index contributed by atoms with van der Waals surface area (Å²) in [5, 5.41) is 5.60. The van der Waals surface area contributed by atoms with Crippen molar-refractivity contribution in [1.29, 1.82) is 0 Å². The first-order valence-electron chi connectivity index (χ1n) is 13.7. The molecule has 0 unspecified atom stereocenters. The summed E-state index contributed by atoms with van der Waals surface area (Å²) in [6.07, 6.45) is 4.06. The predicted octanol–water partition coefficient (Wildman–Crippen LogP) is 6.45. The van der Waals surface area contributed by atoms with Gasteiger partial charge < -0.3 is 9.74 Å². The van der Waals surface area contributed by atoms with Crippen LogP contribution in [-0.2, 0) is 4.84 Å². The number of likely N-dealkylation sites (tertiary alicyclic amines) is 2. The van der Waals surface area contributed by atoms with Gasteiger partial charge in [0.15, 0.2) is 0 Å². The van der Waals surface area contributed by atoms with Crippen LogP contribution in [0.5, 0.6) is 0 Å². The summed E-state index contributed by atoms with van der Waals surface area (Å²) in [4.78, 5) is 28.1. The first-order valence-corrected chi connectivity index (χ1v) is 14.5. The molecule has 1 amide bonds. The van der Waals surface area contributed by atoms with Crippen LogP contribution in [0.4, 0.5) is 0 Å². The average molecular weight is 578 g/mol. The number of hydrogen-bond acceptors (Lipinski definition) is 5. The van der Waals surface area contributed by atoms with Gasteiger partial charge >= 0.3 is 0 Å². The fourth-order valence-electron chi connectivity index (χ4n) is 5.83. The number of aryl methyl sites for hydroxylation is 1. The van der Waals surface area contributed by atoms with Crippen LogP contribution in [-0.4, -0.2) is 64.7 Å². The van der Waals surface area contributed by atoms with E-state index in [1.165, 1.54) is 0 Å². The number of carbonyl (C=O) groups excluding carboxylic acids is 1. The number of rotatable bonds is 6. The van der Waals surface area contributed by atoms with E-state index in [1.54, 1.807) is 0 Å². The minimum atomic E-state index is 0.0421. The summed E-state index contributed by atoms with van der Waals surface area (Å²) in [6.45, 7) is 10.6. The molecule has 0 aliphatic carbocycles. The zero-order chi connectivity index (χ0) is 26.7. The van der Waals surface area contributed by atoms with E-state index < -0.39 is 0 Å². The monoisotopic (exact) mass is 576 g/mol. The van der Waals surface area contributed by atoms with Crippen molar-refractivity contribution in [3.63, 3.8) is 0 Å². The van der Waals surface area contributed by atoms with Crippen molar-refractivity contribution >= 4 is 38.5 Å². The molecule has 38 heavy (non-hydrogen) atoms. The van der Waals surface area contributed by atoms with E-state index in [9.17, 15) is 4.79 Å². The maximum Gasteiger partial charge on any atom is 0.272 e. The van der Waals surface area contributed by atoms with E-state index in [0.717, 1.165) is 84.1 Å². The topological polar surface area (TPSA) is 58.0 Å². The number of aromatic nitrogens is 1. The minimum Gasteiger partial charge on any atom is -0.396 e. The molecule has 5 rings (SSSR count). The summed E-state index contributed by atoms with van der Waals surface area (Å²) >= 11 is 3.53. The molecule has 2 aromatic carbocycles. The lowest BCUT2D eigenvalue weighted by atomic mass is 9.82. The Kier molecular flexibility index (Phi) is 8.15. The highest BCUT2D eigenvalue weighted by atomic mass is 79.9. The molecule has 0 bridgehead atoms. The minimum absolute atomic E-state index is 0.0421. The number of pyridine rings is 1. The van der Waals surface area contributed by atoms with Crippen molar-refractivity contribution in [2.75, 3.05) is 32.8 Å². The van der Waals surface area contributed by atoms with E-state index in [0.29, 0.717) is 18.2 Å². The van der Waals surface area contributed by atoms with E-state index in [2.05, 4.69) is 81.2 Å². The number of amides is 1. The van der Waals surface area contributed by atoms with E-state index in [-0.39, 0.29) is 11.4 Å².